The predicted molar refractivity (Wildman–Crippen MR) is 119 cm³/mol. The standard InChI is InChI=1S/C24H30N4O2/c1-16(2)22(27-23(29)19-10-7-9-17(3)15-19)24(30)25-13-8-14-28-18(4)26-20-11-5-6-12-21(20)28/h5-7,9-12,15-16,22H,8,13-14H2,1-4H3,(H,25,30)(H,27,29). The number of nitrogens with one attached hydrogen (secondary N) is 2. The van der Waals surface area contributed by atoms with Gasteiger partial charge in [0.25, 0.3) is 5.91 Å². The highest BCUT2D eigenvalue weighted by Crippen LogP contribution is 2.15. The molecule has 30 heavy (non-hydrogen) atoms. The van der Waals surface area contributed by atoms with Crippen LogP contribution in [0.4, 0.5) is 0 Å². The number of hydrogen-bond donors (Lipinski definition) is 2. The Labute approximate surface area is 177 Å². The summed E-state index contributed by atoms with van der Waals surface area (Å²) in [5.41, 5.74) is 3.66. The van der Waals surface area contributed by atoms with Gasteiger partial charge in [0.05, 0.1) is 11.0 Å². The van der Waals surface area contributed by atoms with E-state index in [0.29, 0.717) is 12.1 Å². The van der Waals surface area contributed by atoms with Crippen LogP contribution < -0.4 is 10.6 Å². The summed E-state index contributed by atoms with van der Waals surface area (Å²) in [5, 5.41) is 5.86. The Morgan fingerprint density at radius 3 is 2.57 bits per heavy atom. The number of para-hydroxylation sites is 2. The number of hydrogen-bond acceptors (Lipinski definition) is 3. The van der Waals surface area contributed by atoms with E-state index in [2.05, 4.69) is 26.3 Å². The van der Waals surface area contributed by atoms with Crippen molar-refractivity contribution in [2.75, 3.05) is 6.54 Å². The Morgan fingerprint density at radius 1 is 1.07 bits per heavy atom. The summed E-state index contributed by atoms with van der Waals surface area (Å²) in [5.74, 6) is 0.567. The molecule has 0 aliphatic carbocycles. The van der Waals surface area contributed by atoms with E-state index in [9.17, 15) is 9.59 Å². The summed E-state index contributed by atoms with van der Waals surface area (Å²) in [6.07, 6.45) is 0.781. The molecule has 158 valence electrons. The van der Waals surface area contributed by atoms with Crippen LogP contribution in [-0.4, -0.2) is 34.0 Å². The number of aromatic nitrogens is 2. The van der Waals surface area contributed by atoms with Crippen LogP contribution in [0.25, 0.3) is 11.0 Å². The van der Waals surface area contributed by atoms with Gasteiger partial charge in [-0.3, -0.25) is 9.59 Å². The van der Waals surface area contributed by atoms with E-state index in [1.165, 1.54) is 0 Å². The number of aryl methyl sites for hydroxylation is 3. The molecule has 1 atom stereocenters. The minimum atomic E-state index is -0.575. The molecular weight excluding hydrogens is 376 g/mol. The maximum atomic E-state index is 12.7. The van der Waals surface area contributed by atoms with Crippen LogP contribution in [-0.2, 0) is 11.3 Å². The highest BCUT2D eigenvalue weighted by Gasteiger charge is 2.24. The lowest BCUT2D eigenvalue weighted by Gasteiger charge is -2.22. The largest absolute Gasteiger partial charge is 0.354 e. The minimum Gasteiger partial charge on any atom is -0.354 e. The molecule has 1 heterocycles. The second-order valence-corrected chi connectivity index (χ2v) is 8.01. The van der Waals surface area contributed by atoms with Crippen LogP contribution in [0.1, 0.15) is 42.0 Å². The zero-order valence-electron chi connectivity index (χ0n) is 18.1. The Balaban J connectivity index is 1.55. The predicted octanol–water partition coefficient (Wildman–Crippen LogP) is 3.61. The van der Waals surface area contributed by atoms with Gasteiger partial charge in [-0.2, -0.15) is 0 Å². The molecule has 3 aromatic rings. The molecule has 2 N–H and O–H groups in total. The Kier molecular flexibility index (Phi) is 6.87. The van der Waals surface area contributed by atoms with Gasteiger partial charge in [0, 0.05) is 18.7 Å². The highest BCUT2D eigenvalue weighted by molar-refractivity contribution is 5.97. The highest BCUT2D eigenvalue weighted by atomic mass is 16.2. The molecule has 3 rings (SSSR count). The van der Waals surface area contributed by atoms with Gasteiger partial charge in [0.15, 0.2) is 0 Å². The molecule has 0 fully saturated rings. The topological polar surface area (TPSA) is 76.0 Å². The van der Waals surface area contributed by atoms with Crippen molar-refractivity contribution in [3.63, 3.8) is 0 Å². The van der Waals surface area contributed by atoms with Crippen molar-refractivity contribution in [2.45, 2.75) is 46.7 Å². The smallest absolute Gasteiger partial charge is 0.251 e. The van der Waals surface area contributed by atoms with Gasteiger partial charge in [0.2, 0.25) is 5.91 Å². The van der Waals surface area contributed by atoms with Crippen molar-refractivity contribution in [1.29, 1.82) is 0 Å². The molecule has 0 spiro atoms. The Bertz CT molecular complexity index is 1040. The fraction of sp³-hybridized carbons (Fsp3) is 0.375. The average Bonchev–Trinajstić information content (AvgIpc) is 3.03. The number of fused-ring (bicyclic) bond motifs is 1. The molecular formula is C24H30N4O2. The number of imidazole rings is 1. The number of carbonyl (C=O) groups is 2. The van der Waals surface area contributed by atoms with Crippen molar-refractivity contribution in [1.82, 2.24) is 20.2 Å². The zero-order chi connectivity index (χ0) is 21.7. The summed E-state index contributed by atoms with van der Waals surface area (Å²) in [4.78, 5) is 29.9. The van der Waals surface area contributed by atoms with E-state index in [1.807, 2.05) is 64.1 Å². The first-order chi connectivity index (χ1) is 14.4. The fourth-order valence-electron chi connectivity index (χ4n) is 3.58. The third kappa shape index (κ3) is 5.06. The molecule has 2 aromatic carbocycles. The number of carbonyl (C=O) groups excluding carboxylic acids is 2. The van der Waals surface area contributed by atoms with Crippen LogP contribution in [0.2, 0.25) is 0 Å². The molecule has 1 aromatic heterocycles. The van der Waals surface area contributed by atoms with Crippen molar-refractivity contribution in [3.8, 4) is 0 Å². The third-order valence-corrected chi connectivity index (χ3v) is 5.22. The van der Waals surface area contributed by atoms with Gasteiger partial charge in [-0.25, -0.2) is 4.98 Å². The number of rotatable bonds is 8. The summed E-state index contributed by atoms with van der Waals surface area (Å²) in [6, 6.07) is 14.8. The minimum absolute atomic E-state index is 0.0152. The molecule has 6 nitrogen and oxygen atoms in total. The van der Waals surface area contributed by atoms with Gasteiger partial charge in [-0.1, -0.05) is 43.7 Å². The van der Waals surface area contributed by atoms with Crippen molar-refractivity contribution in [3.05, 3.63) is 65.5 Å². The average molecular weight is 407 g/mol. The molecule has 1 unspecified atom stereocenters. The van der Waals surface area contributed by atoms with E-state index >= 15 is 0 Å². The Hall–Kier alpha value is -3.15. The van der Waals surface area contributed by atoms with Crippen LogP contribution in [0, 0.1) is 19.8 Å². The van der Waals surface area contributed by atoms with Crippen LogP contribution in [0.15, 0.2) is 48.5 Å². The summed E-state index contributed by atoms with van der Waals surface area (Å²) in [6.45, 7) is 9.11. The SMILES string of the molecule is Cc1cccc(C(=O)NC(C(=O)NCCCn2c(C)nc3ccccc32)C(C)C)c1. The molecule has 0 saturated carbocycles. The second-order valence-electron chi connectivity index (χ2n) is 8.01. The first-order valence-corrected chi connectivity index (χ1v) is 10.4. The second kappa shape index (κ2) is 9.57. The summed E-state index contributed by atoms with van der Waals surface area (Å²) >= 11 is 0. The van der Waals surface area contributed by atoms with Crippen LogP contribution in [0.3, 0.4) is 0 Å². The maximum absolute atomic E-state index is 12.7. The number of benzene rings is 2. The van der Waals surface area contributed by atoms with Gasteiger partial charge < -0.3 is 15.2 Å². The molecule has 0 aliphatic rings. The Morgan fingerprint density at radius 2 is 1.83 bits per heavy atom. The van der Waals surface area contributed by atoms with Crippen molar-refractivity contribution < 1.29 is 9.59 Å². The van der Waals surface area contributed by atoms with Crippen molar-refractivity contribution >= 4 is 22.8 Å². The van der Waals surface area contributed by atoms with Crippen LogP contribution >= 0.6 is 0 Å². The van der Waals surface area contributed by atoms with Crippen LogP contribution in [0.5, 0.6) is 0 Å². The van der Waals surface area contributed by atoms with Gasteiger partial charge in [-0.05, 0) is 50.5 Å². The molecule has 0 bridgehead atoms. The first-order valence-electron chi connectivity index (χ1n) is 10.4. The van der Waals surface area contributed by atoms with E-state index < -0.39 is 6.04 Å². The lowest BCUT2D eigenvalue weighted by molar-refractivity contribution is -0.123. The lowest BCUT2D eigenvalue weighted by Crippen LogP contribution is -2.50. The number of amides is 2. The summed E-state index contributed by atoms with van der Waals surface area (Å²) < 4.78 is 2.17. The molecule has 6 heteroatoms. The fourth-order valence-corrected chi connectivity index (χ4v) is 3.58. The van der Waals surface area contributed by atoms with E-state index in [4.69, 9.17) is 0 Å². The third-order valence-electron chi connectivity index (χ3n) is 5.22. The molecule has 2 amide bonds. The van der Waals surface area contributed by atoms with Gasteiger partial charge in [-0.15, -0.1) is 0 Å². The zero-order valence-corrected chi connectivity index (χ0v) is 18.1. The van der Waals surface area contributed by atoms with Gasteiger partial charge >= 0.3 is 0 Å². The van der Waals surface area contributed by atoms with E-state index in [0.717, 1.165) is 35.4 Å². The van der Waals surface area contributed by atoms with E-state index in [-0.39, 0.29) is 17.7 Å². The molecule has 0 aliphatic heterocycles. The monoisotopic (exact) mass is 406 g/mol. The first kappa shape index (κ1) is 21.6. The number of nitrogens with zero attached hydrogens (tertiary/aromatic N) is 2. The van der Waals surface area contributed by atoms with Crippen molar-refractivity contribution in [2.24, 2.45) is 5.92 Å². The van der Waals surface area contributed by atoms with Gasteiger partial charge in [0.1, 0.15) is 11.9 Å². The molecule has 0 radical (unpaired) electrons. The maximum Gasteiger partial charge on any atom is 0.251 e. The quantitative estimate of drug-likeness (QED) is 0.561. The summed E-state index contributed by atoms with van der Waals surface area (Å²) in [7, 11) is 0. The lowest BCUT2D eigenvalue weighted by atomic mass is 10.0. The van der Waals surface area contributed by atoms with E-state index in [1.54, 1.807) is 6.07 Å². The molecule has 0 saturated heterocycles. The normalized spacial score (nSPS) is 12.2.